The van der Waals surface area contributed by atoms with Crippen LogP contribution in [-0.4, -0.2) is 42.1 Å². The van der Waals surface area contributed by atoms with E-state index in [0.29, 0.717) is 5.56 Å². The van der Waals surface area contributed by atoms with Crippen LogP contribution in [-0.2, 0) is 21.1 Å². The molecule has 10 rings (SSSR count). The topological polar surface area (TPSA) is 81.1 Å². The van der Waals surface area contributed by atoms with Gasteiger partial charge in [0.2, 0.25) is 0 Å². The van der Waals surface area contributed by atoms with E-state index in [1.807, 2.05) is 102 Å². The van der Waals surface area contributed by atoms with Gasteiger partial charge in [-0.1, -0.05) is 111 Å². The molecule has 0 amide bonds. The summed E-state index contributed by atoms with van der Waals surface area (Å²) in [6.45, 7) is 7.03. The van der Waals surface area contributed by atoms with Crippen LogP contribution in [0.4, 0.5) is 0 Å². The number of nitrogens with zero attached hydrogens (tertiary/aromatic N) is 6. The molecule has 4 aromatic heterocycles. The van der Waals surface area contributed by atoms with Crippen LogP contribution < -0.4 is 5.19 Å². The fourth-order valence-electron chi connectivity index (χ4n) is 7.04. The van der Waals surface area contributed by atoms with Crippen LogP contribution in [0, 0.1) is 6.07 Å². The first-order valence-corrected chi connectivity index (χ1v) is 21.8. The van der Waals surface area contributed by atoms with E-state index in [-0.39, 0.29) is 26.8 Å². The first kappa shape index (κ1) is 36.7. The fourth-order valence-corrected chi connectivity index (χ4v) is 8.13. The van der Waals surface area contributed by atoms with E-state index in [1.165, 1.54) is 5.19 Å². The van der Waals surface area contributed by atoms with Crippen molar-refractivity contribution in [1.29, 1.82) is 0 Å². The van der Waals surface area contributed by atoms with Crippen molar-refractivity contribution in [2.24, 2.45) is 0 Å². The van der Waals surface area contributed by atoms with Crippen LogP contribution in [0.3, 0.4) is 0 Å². The standard InChI is InChI=1S/C25H18N2O.C22H19N4Si.Pt/c28-24-17-9-5-13-20(24)25-26-21-14-6-8-16-23(21)27(25)22-15-7-4-12-19(22)18-10-2-1-3-11-18;1-27(2,3)16-10-8-15(9-11-16)19-12-17-20(13-23-19)24-14-26-21-7-5-4-6-18(21)25-22(17)26;/h1-17,28H;4-8,10-14H,1-3H3;/q;-1;. The molecule has 0 fully saturated rings. The second-order valence-corrected chi connectivity index (χ2v) is 19.6. The molecule has 0 bridgehead atoms. The zero-order valence-corrected chi connectivity index (χ0v) is 34.3. The predicted molar refractivity (Wildman–Crippen MR) is 227 cm³/mol. The van der Waals surface area contributed by atoms with Crippen molar-refractivity contribution in [1.82, 2.24) is 28.9 Å². The number of hydrogen-bond acceptors (Lipinski definition) is 5. The van der Waals surface area contributed by atoms with Crippen molar-refractivity contribution >= 4 is 51.9 Å². The van der Waals surface area contributed by atoms with Crippen molar-refractivity contribution in [3.63, 3.8) is 0 Å². The van der Waals surface area contributed by atoms with Gasteiger partial charge in [0.15, 0.2) is 0 Å². The van der Waals surface area contributed by atoms with Gasteiger partial charge in [0.1, 0.15) is 23.5 Å². The molecule has 1 N–H and O–H groups in total. The van der Waals surface area contributed by atoms with Gasteiger partial charge in [-0.3, -0.25) is 8.97 Å². The second-order valence-electron chi connectivity index (χ2n) is 14.5. The third-order valence-corrected chi connectivity index (χ3v) is 12.0. The summed E-state index contributed by atoms with van der Waals surface area (Å²) in [5.41, 5.74) is 11.6. The smallest absolute Gasteiger partial charge is 0.149 e. The Morgan fingerprint density at radius 1 is 0.625 bits per heavy atom. The van der Waals surface area contributed by atoms with E-state index in [2.05, 4.69) is 101 Å². The van der Waals surface area contributed by atoms with Gasteiger partial charge in [0.25, 0.3) is 0 Å². The summed E-state index contributed by atoms with van der Waals surface area (Å²) in [6, 6.07) is 54.1. The number of aromatic nitrogens is 6. The molecule has 4 heterocycles. The minimum Gasteiger partial charge on any atom is -0.507 e. The van der Waals surface area contributed by atoms with E-state index in [9.17, 15) is 5.11 Å². The number of pyridine rings is 1. The Balaban J connectivity index is 0.000000155. The molecule has 0 aliphatic heterocycles. The SMILES string of the molecule is C[Si](C)(C)c1c[c-]c(-c2cc3c(cn2)ncn2c4ccccc4nc32)cc1.Oc1ccccc1-c1nc2ccccc2n1-c1ccccc1-c1ccccc1.[Pt]. The van der Waals surface area contributed by atoms with Crippen LogP contribution >= 0.6 is 0 Å². The van der Waals surface area contributed by atoms with E-state index in [0.717, 1.165) is 72.5 Å². The Bertz CT molecular complexity index is 2990. The number of phenols is 1. The number of rotatable bonds is 5. The fraction of sp³-hybridized carbons (Fsp3) is 0.0638. The van der Waals surface area contributed by atoms with Crippen LogP contribution in [0.2, 0.25) is 19.6 Å². The molecular formula is C47H37N6OPtSi-. The van der Waals surface area contributed by atoms with Gasteiger partial charge in [0.05, 0.1) is 38.8 Å². The Hall–Kier alpha value is -6.21. The van der Waals surface area contributed by atoms with E-state index in [4.69, 9.17) is 9.97 Å². The number of phenolic OH excluding ortho intramolecular Hbond substituents is 1. The Kier molecular flexibility index (Phi) is 9.93. The number of benzene rings is 6. The molecule has 0 atom stereocenters. The van der Waals surface area contributed by atoms with Gasteiger partial charge < -0.3 is 10.1 Å². The van der Waals surface area contributed by atoms with Crippen molar-refractivity contribution in [2.45, 2.75) is 19.6 Å². The third-order valence-electron chi connectivity index (χ3n) is 9.92. The quantitative estimate of drug-likeness (QED) is 0.137. The molecule has 0 unspecified atom stereocenters. The maximum Gasteiger partial charge on any atom is 0.149 e. The third kappa shape index (κ3) is 6.83. The zero-order valence-electron chi connectivity index (χ0n) is 31.0. The first-order valence-electron chi connectivity index (χ1n) is 18.3. The number of hydrogen-bond donors (Lipinski definition) is 1. The van der Waals surface area contributed by atoms with Gasteiger partial charge in [0, 0.05) is 46.3 Å². The summed E-state index contributed by atoms with van der Waals surface area (Å²) in [4.78, 5) is 18.9. The van der Waals surface area contributed by atoms with Crippen LogP contribution in [0.25, 0.3) is 78.1 Å². The van der Waals surface area contributed by atoms with E-state index in [1.54, 1.807) is 6.07 Å². The largest absolute Gasteiger partial charge is 0.507 e. The predicted octanol–water partition coefficient (Wildman–Crippen LogP) is 10.5. The summed E-state index contributed by atoms with van der Waals surface area (Å²) < 4.78 is 4.17. The average molecular weight is 925 g/mol. The molecule has 6 aromatic carbocycles. The molecule has 276 valence electrons. The normalized spacial score (nSPS) is 11.4. The number of imidazole rings is 2. The molecule has 7 nitrogen and oxygen atoms in total. The van der Waals surface area contributed by atoms with Crippen molar-refractivity contribution < 1.29 is 26.2 Å². The maximum atomic E-state index is 10.5. The molecule has 0 saturated heterocycles. The molecule has 0 aliphatic rings. The second kappa shape index (κ2) is 15.1. The number of fused-ring (bicyclic) bond motifs is 6. The van der Waals surface area contributed by atoms with Gasteiger partial charge in [-0.2, -0.15) is 0 Å². The van der Waals surface area contributed by atoms with Crippen molar-refractivity contribution in [3.05, 3.63) is 170 Å². The van der Waals surface area contributed by atoms with E-state index < -0.39 is 8.07 Å². The molecule has 0 saturated carbocycles. The summed E-state index contributed by atoms with van der Waals surface area (Å²) in [5, 5.41) is 12.9. The molecule has 0 radical (unpaired) electrons. The summed E-state index contributed by atoms with van der Waals surface area (Å²) in [6.07, 6.45) is 3.65. The molecule has 9 heteroatoms. The Morgan fingerprint density at radius 2 is 1.29 bits per heavy atom. The van der Waals surface area contributed by atoms with Crippen LogP contribution in [0.1, 0.15) is 0 Å². The summed E-state index contributed by atoms with van der Waals surface area (Å²) in [5.74, 6) is 0.943. The first-order chi connectivity index (χ1) is 26.8. The van der Waals surface area contributed by atoms with Gasteiger partial charge in [-0.05, 0) is 53.7 Å². The molecule has 10 aromatic rings. The maximum absolute atomic E-state index is 10.5. The zero-order chi connectivity index (χ0) is 37.5. The van der Waals surface area contributed by atoms with Gasteiger partial charge >= 0.3 is 0 Å². The van der Waals surface area contributed by atoms with Gasteiger partial charge in [-0.15, -0.1) is 35.0 Å². The Morgan fingerprint density at radius 3 is 2.02 bits per heavy atom. The summed E-state index contributed by atoms with van der Waals surface area (Å²) in [7, 11) is -1.33. The molecule has 0 aliphatic carbocycles. The van der Waals surface area contributed by atoms with Crippen LogP contribution in [0.15, 0.2) is 164 Å². The Labute approximate surface area is 340 Å². The van der Waals surface area contributed by atoms with Gasteiger partial charge in [-0.25, -0.2) is 15.0 Å². The average Bonchev–Trinajstić information content (AvgIpc) is 3.80. The van der Waals surface area contributed by atoms with E-state index >= 15 is 0 Å². The summed E-state index contributed by atoms with van der Waals surface area (Å²) >= 11 is 0. The minimum absolute atomic E-state index is 0. The molecule has 56 heavy (non-hydrogen) atoms. The number of para-hydroxylation sites is 6. The van der Waals surface area contributed by atoms with Crippen molar-refractivity contribution in [2.75, 3.05) is 0 Å². The minimum atomic E-state index is -1.33. The monoisotopic (exact) mass is 924 g/mol. The number of aromatic hydroxyl groups is 1. The molecular weight excluding hydrogens is 888 g/mol. The van der Waals surface area contributed by atoms with Crippen LogP contribution in [0.5, 0.6) is 5.75 Å². The molecule has 0 spiro atoms. The van der Waals surface area contributed by atoms with Crippen molar-refractivity contribution in [3.8, 4) is 45.2 Å².